The number of hydrogen-bond acceptors (Lipinski definition) is 13. The summed E-state index contributed by atoms with van der Waals surface area (Å²) < 4.78 is 39.1. The van der Waals surface area contributed by atoms with Crippen molar-refractivity contribution in [2.75, 3.05) is 28.4 Å². The van der Waals surface area contributed by atoms with Crippen LogP contribution in [-0.2, 0) is 0 Å². The van der Waals surface area contributed by atoms with Gasteiger partial charge >= 0.3 is 62.8 Å². The van der Waals surface area contributed by atoms with Crippen molar-refractivity contribution in [1.82, 2.24) is 0 Å². The second kappa shape index (κ2) is 30.2. The Balaban J connectivity index is 0. The molecule has 0 spiro atoms. The van der Waals surface area contributed by atoms with E-state index in [0.717, 1.165) is 13.2 Å². The molecule has 0 fully saturated rings. The first-order valence-electron chi connectivity index (χ1n) is 17.2. The molecule has 0 aliphatic rings. The molecule has 0 bridgehead atoms. The minimum Gasteiger partial charge on any atom is -0.850 e. The Kier molecular flexibility index (Phi) is 29.7. The predicted octanol–water partition coefficient (Wildman–Crippen LogP) is 1.63. The zero-order chi connectivity index (χ0) is 48.1. The maximum Gasteiger partial charge on any atom is 1.00 e. The number of nitro benzene ring substituents is 2. The van der Waals surface area contributed by atoms with Gasteiger partial charge in [-0.2, -0.15) is 9.40 Å². The second-order valence-corrected chi connectivity index (χ2v) is 14.6. The smallest absolute Gasteiger partial charge is 0.850 e. The van der Waals surface area contributed by atoms with E-state index in [4.69, 9.17) is 65.5 Å². The summed E-state index contributed by atoms with van der Waals surface area (Å²) in [6.07, 6.45) is 1.29. The number of nitrogens with zero attached hydrogens (tertiary/aromatic N) is 2. The maximum absolute atomic E-state index is 12.8. The summed E-state index contributed by atoms with van der Waals surface area (Å²) in [5.41, 5.74) is -0.965. The normalized spacial score (nSPS) is 9.89. The van der Waals surface area contributed by atoms with Gasteiger partial charge in [0, 0.05) is 86.8 Å². The standard InChI is InChI=1S/C15H12BrNO6.C8H7BrO3.C7H6FNO3.C4H9O.CB9.K/c1-21-11-4-3-5-12(15(11)17(19)20)23-14-6-9(8-18)10(16)7-13(14)22-2;1-12-8-3-6(9)5(4-10)2-7(8)11;1-12-6-4-2-3-5(8)7(6)9(10)11;1-4(2,3)5;2-1(8-3,9(4)5)10(6)7;/h3-8H,1-2H3;2-4,11H,1H3;2-4H,1H3;1-3H3;;/q;;;-1;;+1. The van der Waals surface area contributed by atoms with Gasteiger partial charge in [-0.25, -0.2) is 0 Å². The zero-order valence-electron chi connectivity index (χ0n) is 35.5. The largest absolute Gasteiger partial charge is 1.00 e. The number of hydrogen-bond donors (Lipinski definition) is 1. The number of aldehydes is 2. The van der Waals surface area contributed by atoms with E-state index in [9.17, 15) is 44.4 Å². The monoisotopic (exact) mass is 1010 g/mol. The summed E-state index contributed by atoms with van der Waals surface area (Å²) in [6, 6.07) is 14.0. The van der Waals surface area contributed by atoms with Crippen molar-refractivity contribution in [3.63, 3.8) is 0 Å². The Morgan fingerprint density at radius 2 is 1.10 bits per heavy atom. The molecular weight excluding hydrogens is 972 g/mol. The Morgan fingerprint density at radius 1 is 0.714 bits per heavy atom. The van der Waals surface area contributed by atoms with Crippen LogP contribution in [0.2, 0.25) is 5.01 Å². The van der Waals surface area contributed by atoms with Crippen molar-refractivity contribution in [3.8, 4) is 40.2 Å². The first-order chi connectivity index (χ1) is 28.8. The summed E-state index contributed by atoms with van der Waals surface area (Å²) in [4.78, 5) is 41.6. The number of halogens is 3. The minimum atomic E-state index is -1.19. The number of rotatable bonds is 13. The summed E-state index contributed by atoms with van der Waals surface area (Å²) in [5.74, 6) is -0.116. The average Bonchev–Trinajstić information content (AvgIpc) is 3.20. The molecule has 13 radical (unpaired) electrons. The number of para-hydroxylation sites is 2. The predicted molar refractivity (Wildman–Crippen MR) is 247 cm³/mol. The molecule has 4 aromatic rings. The van der Waals surface area contributed by atoms with Crippen LogP contribution in [0, 0.1) is 26.0 Å². The summed E-state index contributed by atoms with van der Waals surface area (Å²) in [7, 11) is 38.3. The van der Waals surface area contributed by atoms with Crippen molar-refractivity contribution in [3.05, 3.63) is 107 Å². The van der Waals surface area contributed by atoms with E-state index in [-0.39, 0.29) is 85.8 Å². The van der Waals surface area contributed by atoms with Gasteiger partial charge in [-0.3, -0.25) is 29.8 Å². The molecule has 1 N–H and O–H groups in total. The van der Waals surface area contributed by atoms with Crippen LogP contribution < -0.4 is 80.2 Å². The molecule has 0 heterocycles. The van der Waals surface area contributed by atoms with Gasteiger partial charge in [0.1, 0.15) is 0 Å². The Labute approximate surface area is 434 Å². The van der Waals surface area contributed by atoms with Crippen LogP contribution in [0.3, 0.4) is 0 Å². The average molecular weight is 1010 g/mol. The summed E-state index contributed by atoms with van der Waals surface area (Å²) in [6.45, 7) is 3.20. The van der Waals surface area contributed by atoms with Crippen LogP contribution in [-0.4, -0.2) is 128 Å². The van der Waals surface area contributed by atoms with Crippen LogP contribution in [0.25, 0.3) is 0 Å². The van der Waals surface area contributed by atoms with E-state index in [0.29, 0.717) is 44.1 Å². The van der Waals surface area contributed by atoms with Crippen LogP contribution in [0.4, 0.5) is 15.8 Å². The number of ether oxygens (including phenoxy) is 5. The Bertz CT molecular complexity index is 2120. The second-order valence-electron chi connectivity index (χ2n) is 12.9. The van der Waals surface area contributed by atoms with E-state index in [1.54, 1.807) is 39.0 Å². The van der Waals surface area contributed by atoms with Crippen LogP contribution in [0.15, 0.2) is 69.6 Å². The fourth-order valence-electron chi connectivity index (χ4n) is 4.02. The van der Waals surface area contributed by atoms with Crippen molar-refractivity contribution in [2.45, 2.75) is 31.4 Å². The third-order valence-corrected chi connectivity index (χ3v) is 8.59. The fraction of sp³-hybridized carbons (Fsp3) is 0.257. The molecule has 28 heteroatoms. The van der Waals surface area contributed by atoms with Gasteiger partial charge in [0.25, 0.3) is 0 Å². The first kappa shape index (κ1) is 62.0. The number of aromatic hydroxyl groups is 1. The van der Waals surface area contributed by atoms with Crippen molar-refractivity contribution in [2.24, 2.45) is 0 Å². The molecule has 0 atom stereocenters. The fourth-order valence-corrected chi connectivity index (χ4v) is 4.86. The zero-order valence-corrected chi connectivity index (χ0v) is 41.8. The SMILES string of the molecule is CC(C)(C)[O-].COc1cc(Br)c(C=O)cc1O.COc1cc(Br)c(C=O)cc1Oc1cccc(OC)c1[N+](=O)[O-].COc1cccc(F)c1[N+](=O)[O-].[B][B]C([B])(B([B])[B])B([B])[B].[K+]. The van der Waals surface area contributed by atoms with Gasteiger partial charge in [0.15, 0.2) is 41.3 Å². The number of carbonyl (C=O) groups is 2. The summed E-state index contributed by atoms with van der Waals surface area (Å²) >= 11 is 6.39. The Morgan fingerprint density at radius 3 is 1.44 bits per heavy atom. The van der Waals surface area contributed by atoms with Crippen molar-refractivity contribution < 1.29 is 109 Å². The number of methoxy groups -OCH3 is 4. The molecule has 0 unspecified atom stereocenters. The van der Waals surface area contributed by atoms with Crippen LogP contribution >= 0.6 is 31.9 Å². The number of carbonyl (C=O) groups excluding carboxylic acids is 2. The number of benzene rings is 4. The third-order valence-electron chi connectivity index (χ3n) is 7.22. The first-order valence-corrected chi connectivity index (χ1v) is 18.8. The van der Waals surface area contributed by atoms with Gasteiger partial charge in [0.05, 0.1) is 38.3 Å². The molecule has 311 valence electrons. The number of phenolic OH excluding ortho intramolecular Hbond substituents is 1. The molecular formula is C35H34B9Br2FKN2O13. The van der Waals surface area contributed by atoms with E-state index < -0.39 is 45.0 Å². The molecule has 15 nitrogen and oxygen atoms in total. The molecule has 0 amide bonds. The molecule has 0 saturated heterocycles. The van der Waals surface area contributed by atoms with Crippen molar-refractivity contribution >= 4 is 122 Å². The van der Waals surface area contributed by atoms with Gasteiger partial charge in [-0.15, -0.1) is 5.60 Å². The van der Waals surface area contributed by atoms with Gasteiger partial charge in [-0.05, 0) is 80.4 Å². The van der Waals surface area contributed by atoms with E-state index >= 15 is 0 Å². The van der Waals surface area contributed by atoms with E-state index in [1.807, 2.05) is 0 Å². The number of nitro groups is 2. The minimum absolute atomic E-state index is 0. The number of phenols is 1. The molecule has 0 aliphatic heterocycles. The van der Waals surface area contributed by atoms with E-state index in [1.165, 1.54) is 64.8 Å². The van der Waals surface area contributed by atoms with Crippen LogP contribution in [0.5, 0.6) is 40.2 Å². The molecule has 4 rings (SSSR count). The van der Waals surface area contributed by atoms with E-state index in [2.05, 4.69) is 36.6 Å². The molecule has 63 heavy (non-hydrogen) atoms. The molecule has 0 saturated carbocycles. The maximum atomic E-state index is 12.8. The third kappa shape index (κ3) is 20.7. The van der Waals surface area contributed by atoms with Crippen LogP contribution in [0.1, 0.15) is 41.5 Å². The topological polar surface area (TPSA) is 210 Å². The van der Waals surface area contributed by atoms with Crippen molar-refractivity contribution in [1.29, 1.82) is 0 Å². The van der Waals surface area contributed by atoms with Gasteiger partial charge in [0.2, 0.25) is 17.3 Å². The molecule has 4 aromatic carbocycles. The van der Waals surface area contributed by atoms with Gasteiger partial charge < -0.3 is 33.9 Å². The molecule has 0 aromatic heterocycles. The Hall–Kier alpha value is -3.11. The quantitative estimate of drug-likeness (QED) is 0.0876. The summed E-state index contributed by atoms with van der Waals surface area (Å²) in [5, 5.41) is 39.7. The molecule has 0 aliphatic carbocycles. The van der Waals surface area contributed by atoms with Gasteiger partial charge in [-0.1, -0.05) is 32.9 Å².